The van der Waals surface area contributed by atoms with Crippen LogP contribution in [-0.2, 0) is 6.42 Å². The lowest BCUT2D eigenvalue weighted by atomic mass is 9.69. The molecule has 3 aromatic carbocycles. The molecule has 0 bridgehead atoms. The molecule has 2 atom stereocenters. The van der Waals surface area contributed by atoms with Crippen molar-refractivity contribution in [3.63, 3.8) is 0 Å². The van der Waals surface area contributed by atoms with E-state index in [2.05, 4.69) is 4.74 Å². The first-order valence-electron chi connectivity index (χ1n) is 10.1. The van der Waals surface area contributed by atoms with Gasteiger partial charge in [-0.2, -0.15) is 0 Å². The van der Waals surface area contributed by atoms with Gasteiger partial charge in [-0.3, -0.25) is 0 Å². The maximum absolute atomic E-state index is 14.5. The first-order valence-corrected chi connectivity index (χ1v) is 10.1. The molecule has 0 unspecified atom stereocenters. The Balaban J connectivity index is 1.86. The highest BCUT2D eigenvalue weighted by Crippen LogP contribution is 2.46. The van der Waals surface area contributed by atoms with Crippen molar-refractivity contribution in [2.75, 3.05) is 0 Å². The molecule has 0 aliphatic heterocycles. The Hall–Kier alpha value is -2.70. The number of hydrogen-bond donors (Lipinski definition) is 0. The third kappa shape index (κ3) is 4.10. The third-order valence-corrected chi connectivity index (χ3v) is 5.98. The summed E-state index contributed by atoms with van der Waals surface area (Å²) in [6.45, 7) is 2.00. The van der Waals surface area contributed by atoms with Gasteiger partial charge in [0.25, 0.3) is 0 Å². The van der Waals surface area contributed by atoms with Gasteiger partial charge in [0.2, 0.25) is 5.75 Å². The van der Waals surface area contributed by atoms with Crippen LogP contribution in [0.3, 0.4) is 0 Å². The minimum atomic E-state index is -5.20. The van der Waals surface area contributed by atoms with Crippen molar-refractivity contribution in [1.82, 2.24) is 0 Å². The van der Waals surface area contributed by atoms with E-state index in [1.54, 1.807) is 18.2 Å². The molecular formula is C24H20F6O. The van der Waals surface area contributed by atoms with Gasteiger partial charge < -0.3 is 4.74 Å². The molecule has 7 heteroatoms. The Morgan fingerprint density at radius 1 is 0.935 bits per heavy atom. The zero-order valence-electron chi connectivity index (χ0n) is 16.7. The van der Waals surface area contributed by atoms with E-state index in [0.717, 1.165) is 47.9 Å². The number of halogens is 6. The van der Waals surface area contributed by atoms with Gasteiger partial charge in [0, 0.05) is 11.3 Å². The Morgan fingerprint density at radius 2 is 1.65 bits per heavy atom. The van der Waals surface area contributed by atoms with Crippen molar-refractivity contribution in [2.45, 2.75) is 44.9 Å². The smallest absolute Gasteiger partial charge is 0.399 e. The number of alkyl halides is 3. The molecule has 0 N–H and O–H groups in total. The molecule has 0 saturated carbocycles. The van der Waals surface area contributed by atoms with Gasteiger partial charge in [-0.15, -0.1) is 13.2 Å². The summed E-state index contributed by atoms with van der Waals surface area (Å²) < 4.78 is 84.3. The molecule has 0 heterocycles. The van der Waals surface area contributed by atoms with Crippen molar-refractivity contribution < 1.29 is 31.1 Å². The molecule has 0 spiro atoms. The second kappa shape index (κ2) is 8.09. The normalized spacial score (nSPS) is 18.8. The maximum Gasteiger partial charge on any atom is 0.573 e. The number of ether oxygens (including phenoxy) is 1. The average molecular weight is 438 g/mol. The summed E-state index contributed by atoms with van der Waals surface area (Å²) in [6, 6.07) is 10.1. The van der Waals surface area contributed by atoms with E-state index < -0.39 is 29.7 Å². The minimum absolute atomic E-state index is 0.0525. The van der Waals surface area contributed by atoms with Crippen LogP contribution in [0.5, 0.6) is 5.75 Å². The average Bonchev–Trinajstić information content (AvgIpc) is 2.70. The van der Waals surface area contributed by atoms with Crippen LogP contribution in [0.2, 0.25) is 0 Å². The van der Waals surface area contributed by atoms with Crippen LogP contribution in [0, 0.1) is 23.4 Å². The van der Waals surface area contributed by atoms with Crippen molar-refractivity contribution in [3.8, 4) is 5.75 Å². The Labute approximate surface area is 175 Å². The van der Waals surface area contributed by atoms with E-state index >= 15 is 0 Å². The van der Waals surface area contributed by atoms with E-state index in [1.807, 2.05) is 13.0 Å². The quantitative estimate of drug-likeness (QED) is 0.380. The van der Waals surface area contributed by atoms with Crippen molar-refractivity contribution in [1.29, 1.82) is 0 Å². The van der Waals surface area contributed by atoms with E-state index in [0.29, 0.717) is 11.8 Å². The molecule has 1 aliphatic carbocycles. The van der Waals surface area contributed by atoms with Gasteiger partial charge in [-0.05, 0) is 65.5 Å². The fourth-order valence-electron chi connectivity index (χ4n) is 4.83. The SMILES string of the molecule is CCC[C@@H]1CCc2c(ccc3c(F)cccc23)[C@H]1c1cc(F)c(OC(F)(F)F)c(F)c1. The maximum atomic E-state index is 14.5. The van der Waals surface area contributed by atoms with Crippen LogP contribution < -0.4 is 4.74 Å². The number of aryl methyl sites for hydroxylation is 1. The molecule has 0 radical (unpaired) electrons. The summed E-state index contributed by atoms with van der Waals surface area (Å²) in [4.78, 5) is 0. The molecular weight excluding hydrogens is 418 g/mol. The molecule has 0 aromatic heterocycles. The Kier molecular flexibility index (Phi) is 5.62. The van der Waals surface area contributed by atoms with Gasteiger partial charge in [0.05, 0.1) is 0 Å². The molecule has 1 nitrogen and oxygen atoms in total. The van der Waals surface area contributed by atoms with E-state index in [-0.39, 0.29) is 17.3 Å². The predicted octanol–water partition coefficient (Wildman–Crippen LogP) is 7.65. The Morgan fingerprint density at radius 3 is 2.29 bits per heavy atom. The number of rotatable bonds is 4. The first kappa shape index (κ1) is 21.5. The summed E-state index contributed by atoms with van der Waals surface area (Å²) in [5.74, 6) is -4.97. The topological polar surface area (TPSA) is 9.23 Å². The van der Waals surface area contributed by atoms with Gasteiger partial charge in [0.15, 0.2) is 11.6 Å². The van der Waals surface area contributed by atoms with Crippen molar-refractivity contribution in [3.05, 3.63) is 76.6 Å². The van der Waals surface area contributed by atoms with Crippen LogP contribution in [0.1, 0.15) is 48.8 Å². The van der Waals surface area contributed by atoms with Crippen LogP contribution in [-0.4, -0.2) is 6.36 Å². The molecule has 0 fully saturated rings. The van der Waals surface area contributed by atoms with Gasteiger partial charge >= 0.3 is 6.36 Å². The van der Waals surface area contributed by atoms with Gasteiger partial charge in [-0.25, -0.2) is 13.2 Å². The number of benzene rings is 3. The predicted molar refractivity (Wildman–Crippen MR) is 106 cm³/mol. The molecule has 4 rings (SSSR count). The highest BCUT2D eigenvalue weighted by molar-refractivity contribution is 5.88. The largest absolute Gasteiger partial charge is 0.573 e. The number of fused-ring (bicyclic) bond motifs is 3. The zero-order valence-corrected chi connectivity index (χ0v) is 16.7. The highest BCUT2D eigenvalue weighted by atomic mass is 19.4. The molecule has 0 saturated heterocycles. The van der Waals surface area contributed by atoms with Crippen LogP contribution in [0.25, 0.3) is 10.8 Å². The van der Waals surface area contributed by atoms with E-state index in [4.69, 9.17) is 0 Å². The lowest BCUT2D eigenvalue weighted by Crippen LogP contribution is -2.23. The fourth-order valence-corrected chi connectivity index (χ4v) is 4.83. The molecule has 0 amide bonds. The standard InChI is InChI=1S/C24H20F6O/c1-2-4-13-7-8-16-15-5-3-6-19(25)17(15)9-10-18(16)22(13)14-11-20(26)23(21(27)12-14)31-24(28,29)30/h3,5-6,9-13,22H,2,4,7-8H2,1H3/t13-,22-/m1/s1. The lowest BCUT2D eigenvalue weighted by Gasteiger charge is -2.35. The van der Waals surface area contributed by atoms with E-state index in [9.17, 15) is 26.3 Å². The second-order valence-electron chi connectivity index (χ2n) is 7.89. The first-order chi connectivity index (χ1) is 14.7. The summed E-state index contributed by atoms with van der Waals surface area (Å²) in [5.41, 5.74) is 1.98. The van der Waals surface area contributed by atoms with Gasteiger partial charge in [-0.1, -0.05) is 37.6 Å². The van der Waals surface area contributed by atoms with Gasteiger partial charge in [0.1, 0.15) is 5.82 Å². The minimum Gasteiger partial charge on any atom is -0.399 e. The van der Waals surface area contributed by atoms with Crippen molar-refractivity contribution in [2.24, 2.45) is 5.92 Å². The molecule has 164 valence electrons. The van der Waals surface area contributed by atoms with Crippen molar-refractivity contribution >= 4 is 10.8 Å². The summed E-state index contributed by atoms with van der Waals surface area (Å²) in [5, 5.41) is 1.22. The fraction of sp³-hybridized carbons (Fsp3) is 0.333. The monoisotopic (exact) mass is 438 g/mol. The molecule has 3 aromatic rings. The summed E-state index contributed by atoms with van der Waals surface area (Å²) in [6.07, 6.45) is -2.15. The zero-order chi connectivity index (χ0) is 22.3. The summed E-state index contributed by atoms with van der Waals surface area (Å²) in [7, 11) is 0. The third-order valence-electron chi connectivity index (χ3n) is 5.98. The van der Waals surface area contributed by atoms with Crippen LogP contribution >= 0.6 is 0 Å². The highest BCUT2D eigenvalue weighted by Gasteiger charge is 2.36. The number of hydrogen-bond acceptors (Lipinski definition) is 1. The van der Waals surface area contributed by atoms with Crippen LogP contribution in [0.15, 0.2) is 42.5 Å². The second-order valence-corrected chi connectivity index (χ2v) is 7.89. The lowest BCUT2D eigenvalue weighted by molar-refractivity contribution is -0.276. The molecule has 1 aliphatic rings. The summed E-state index contributed by atoms with van der Waals surface area (Å²) >= 11 is 0. The van der Waals surface area contributed by atoms with E-state index in [1.165, 1.54) is 6.07 Å². The molecule has 31 heavy (non-hydrogen) atoms. The van der Waals surface area contributed by atoms with Crippen LogP contribution in [0.4, 0.5) is 26.3 Å². The Bertz CT molecular complexity index is 1100.